The number of hydrogen-bond donors (Lipinski definition) is 2. The number of rotatable bonds is 9. The van der Waals surface area contributed by atoms with Gasteiger partial charge in [-0.05, 0) is 48.8 Å². The number of ether oxygens (including phenoxy) is 1. The SMILES string of the molecule is COc1ccccc1S(=O)(=O)N[C@@H](CCSC)C(=O)Nc1ccc2oc(C)nc2c1. The first-order valence-corrected chi connectivity index (χ1v) is 12.0. The van der Waals surface area contributed by atoms with E-state index >= 15 is 0 Å². The van der Waals surface area contributed by atoms with Crippen molar-refractivity contribution in [3.05, 3.63) is 48.4 Å². The summed E-state index contributed by atoms with van der Waals surface area (Å²) in [5, 5.41) is 2.77. The molecule has 0 bridgehead atoms. The quantitative estimate of drug-likeness (QED) is 0.516. The Kier molecular flexibility index (Phi) is 7.01. The molecule has 0 radical (unpaired) electrons. The summed E-state index contributed by atoms with van der Waals surface area (Å²) in [4.78, 5) is 17.1. The number of benzene rings is 2. The number of carbonyl (C=O) groups is 1. The van der Waals surface area contributed by atoms with Crippen LogP contribution in [0.3, 0.4) is 0 Å². The van der Waals surface area contributed by atoms with Gasteiger partial charge in [-0.1, -0.05) is 12.1 Å². The van der Waals surface area contributed by atoms with Gasteiger partial charge in [0, 0.05) is 12.6 Å². The number of thioether (sulfide) groups is 1. The van der Waals surface area contributed by atoms with Crippen molar-refractivity contribution in [3.8, 4) is 5.75 Å². The summed E-state index contributed by atoms with van der Waals surface area (Å²) in [6, 6.07) is 10.4. The van der Waals surface area contributed by atoms with Gasteiger partial charge in [0.05, 0.1) is 7.11 Å². The van der Waals surface area contributed by atoms with Gasteiger partial charge < -0.3 is 14.5 Å². The average Bonchev–Trinajstić information content (AvgIpc) is 3.10. The number of anilines is 1. The van der Waals surface area contributed by atoms with Gasteiger partial charge in [-0.3, -0.25) is 4.79 Å². The molecule has 2 N–H and O–H groups in total. The molecule has 10 heteroatoms. The van der Waals surface area contributed by atoms with Gasteiger partial charge in [0.25, 0.3) is 0 Å². The number of hydrogen-bond acceptors (Lipinski definition) is 7. The summed E-state index contributed by atoms with van der Waals surface area (Å²) in [6.45, 7) is 1.74. The Labute approximate surface area is 179 Å². The molecule has 1 heterocycles. The molecular weight excluding hydrogens is 426 g/mol. The van der Waals surface area contributed by atoms with E-state index in [1.165, 1.54) is 24.9 Å². The molecule has 3 rings (SSSR count). The Bertz CT molecular complexity index is 1140. The first kappa shape index (κ1) is 22.1. The fourth-order valence-electron chi connectivity index (χ4n) is 2.92. The second kappa shape index (κ2) is 9.50. The molecule has 1 amide bonds. The number of amides is 1. The summed E-state index contributed by atoms with van der Waals surface area (Å²) >= 11 is 1.53. The molecule has 0 fully saturated rings. The number of aryl methyl sites for hydroxylation is 1. The number of nitrogens with one attached hydrogen (secondary N) is 2. The molecule has 0 aliphatic carbocycles. The zero-order valence-corrected chi connectivity index (χ0v) is 18.5. The van der Waals surface area contributed by atoms with Crippen LogP contribution in [0.5, 0.6) is 5.75 Å². The highest BCUT2D eigenvalue weighted by molar-refractivity contribution is 7.98. The molecule has 1 aromatic heterocycles. The maximum absolute atomic E-state index is 12.9. The van der Waals surface area contributed by atoms with Crippen molar-refractivity contribution >= 4 is 44.5 Å². The van der Waals surface area contributed by atoms with Crippen LogP contribution in [0.4, 0.5) is 5.69 Å². The summed E-state index contributed by atoms with van der Waals surface area (Å²) in [5.41, 5.74) is 1.73. The Morgan fingerprint density at radius 2 is 2.03 bits per heavy atom. The van der Waals surface area contributed by atoms with E-state index in [1.54, 1.807) is 43.3 Å². The van der Waals surface area contributed by atoms with E-state index in [1.807, 2.05) is 6.26 Å². The second-order valence-corrected chi connectivity index (χ2v) is 9.18. The summed E-state index contributed by atoms with van der Waals surface area (Å²) in [6.07, 6.45) is 2.22. The normalized spacial score (nSPS) is 12.6. The van der Waals surface area contributed by atoms with Crippen molar-refractivity contribution in [3.63, 3.8) is 0 Å². The van der Waals surface area contributed by atoms with Gasteiger partial charge in [-0.25, -0.2) is 13.4 Å². The molecule has 160 valence electrons. The van der Waals surface area contributed by atoms with Crippen LogP contribution in [0.2, 0.25) is 0 Å². The maximum atomic E-state index is 12.9. The van der Waals surface area contributed by atoms with E-state index in [4.69, 9.17) is 9.15 Å². The molecule has 0 saturated heterocycles. The van der Waals surface area contributed by atoms with Gasteiger partial charge in [-0.15, -0.1) is 0 Å². The number of fused-ring (bicyclic) bond motifs is 1. The van der Waals surface area contributed by atoms with Crippen molar-refractivity contribution in [2.45, 2.75) is 24.3 Å². The van der Waals surface area contributed by atoms with Crippen LogP contribution in [0.25, 0.3) is 11.1 Å². The smallest absolute Gasteiger partial charge is 0.244 e. The van der Waals surface area contributed by atoms with Crippen molar-refractivity contribution in [2.24, 2.45) is 0 Å². The number of para-hydroxylation sites is 1. The fourth-order valence-corrected chi connectivity index (χ4v) is 4.79. The van der Waals surface area contributed by atoms with Gasteiger partial charge in [0.2, 0.25) is 15.9 Å². The minimum Gasteiger partial charge on any atom is -0.495 e. The summed E-state index contributed by atoms with van der Waals surface area (Å²) < 4.78 is 38.9. The monoisotopic (exact) mass is 449 g/mol. The standard InChI is InChI=1S/C20H23N3O5S2/c1-13-21-16-12-14(8-9-17(16)28-13)22-20(24)15(10-11-29-3)23-30(25,26)19-7-5-4-6-18(19)27-2/h4-9,12,15,23H,10-11H2,1-3H3,(H,22,24)/t15-/m0/s1. The predicted molar refractivity (Wildman–Crippen MR) is 117 cm³/mol. The van der Waals surface area contributed by atoms with E-state index in [2.05, 4.69) is 15.0 Å². The molecule has 30 heavy (non-hydrogen) atoms. The maximum Gasteiger partial charge on any atom is 0.244 e. The number of aromatic nitrogens is 1. The Morgan fingerprint density at radius 1 is 1.27 bits per heavy atom. The molecule has 1 atom stereocenters. The average molecular weight is 450 g/mol. The predicted octanol–water partition coefficient (Wildman–Crippen LogP) is 3.18. The summed E-state index contributed by atoms with van der Waals surface area (Å²) in [7, 11) is -2.58. The topological polar surface area (TPSA) is 111 Å². The first-order valence-electron chi connectivity index (χ1n) is 9.16. The lowest BCUT2D eigenvalue weighted by Gasteiger charge is -2.19. The zero-order chi connectivity index (χ0) is 21.7. The van der Waals surface area contributed by atoms with Crippen LogP contribution in [0.1, 0.15) is 12.3 Å². The molecular formula is C20H23N3O5S2. The minimum atomic E-state index is -3.97. The lowest BCUT2D eigenvalue weighted by atomic mass is 10.2. The van der Waals surface area contributed by atoms with Crippen molar-refractivity contribution in [2.75, 3.05) is 24.4 Å². The van der Waals surface area contributed by atoms with Crippen LogP contribution < -0.4 is 14.8 Å². The zero-order valence-electron chi connectivity index (χ0n) is 16.8. The highest BCUT2D eigenvalue weighted by Crippen LogP contribution is 2.24. The molecule has 0 spiro atoms. The second-order valence-electron chi connectivity index (χ2n) is 6.51. The number of carbonyl (C=O) groups excluding carboxylic acids is 1. The third-order valence-corrected chi connectivity index (χ3v) is 6.50. The minimum absolute atomic E-state index is 0.0195. The van der Waals surface area contributed by atoms with Crippen LogP contribution in [0.15, 0.2) is 51.8 Å². The van der Waals surface area contributed by atoms with E-state index < -0.39 is 22.0 Å². The summed E-state index contributed by atoms with van der Waals surface area (Å²) in [5.74, 6) is 0.882. The largest absolute Gasteiger partial charge is 0.495 e. The lowest BCUT2D eigenvalue weighted by molar-refractivity contribution is -0.117. The van der Waals surface area contributed by atoms with Crippen LogP contribution >= 0.6 is 11.8 Å². The van der Waals surface area contributed by atoms with Gasteiger partial charge in [0.15, 0.2) is 11.5 Å². The molecule has 0 saturated carbocycles. The third kappa shape index (κ3) is 5.13. The molecule has 0 aliphatic heterocycles. The fraction of sp³-hybridized carbons (Fsp3) is 0.300. The number of oxazole rings is 1. The van der Waals surface area contributed by atoms with E-state index in [0.717, 1.165) is 0 Å². The van der Waals surface area contributed by atoms with Crippen molar-refractivity contribution < 1.29 is 22.4 Å². The highest BCUT2D eigenvalue weighted by Gasteiger charge is 2.27. The molecule has 3 aromatic rings. The highest BCUT2D eigenvalue weighted by atomic mass is 32.2. The van der Waals surface area contributed by atoms with Gasteiger partial charge in [-0.2, -0.15) is 16.5 Å². The van der Waals surface area contributed by atoms with Crippen molar-refractivity contribution in [1.29, 1.82) is 0 Å². The van der Waals surface area contributed by atoms with Crippen LogP contribution in [0, 0.1) is 6.92 Å². The Hall–Kier alpha value is -2.56. The van der Waals surface area contributed by atoms with E-state index in [0.29, 0.717) is 34.9 Å². The van der Waals surface area contributed by atoms with E-state index in [-0.39, 0.29) is 10.6 Å². The first-order chi connectivity index (χ1) is 14.3. The lowest BCUT2D eigenvalue weighted by Crippen LogP contribution is -2.44. The van der Waals surface area contributed by atoms with Crippen molar-refractivity contribution in [1.82, 2.24) is 9.71 Å². The Morgan fingerprint density at radius 3 is 2.77 bits per heavy atom. The molecule has 2 aromatic carbocycles. The number of methoxy groups -OCH3 is 1. The van der Waals surface area contributed by atoms with Gasteiger partial charge >= 0.3 is 0 Å². The van der Waals surface area contributed by atoms with Crippen LogP contribution in [-0.2, 0) is 14.8 Å². The van der Waals surface area contributed by atoms with E-state index in [9.17, 15) is 13.2 Å². The van der Waals surface area contributed by atoms with Crippen LogP contribution in [-0.4, -0.2) is 44.5 Å². The number of sulfonamides is 1. The molecule has 8 nitrogen and oxygen atoms in total. The number of nitrogens with zero attached hydrogens (tertiary/aromatic N) is 1. The Balaban J connectivity index is 1.82. The molecule has 0 aliphatic rings. The molecule has 0 unspecified atom stereocenters. The third-order valence-electron chi connectivity index (χ3n) is 4.35. The van der Waals surface area contributed by atoms with Gasteiger partial charge in [0.1, 0.15) is 22.2 Å².